The van der Waals surface area contributed by atoms with Gasteiger partial charge in [-0.3, -0.25) is 4.79 Å². The lowest BCUT2D eigenvalue weighted by Crippen LogP contribution is -2.42. The van der Waals surface area contributed by atoms with E-state index in [1.807, 2.05) is 0 Å². The maximum atomic E-state index is 12.7. The van der Waals surface area contributed by atoms with Crippen molar-refractivity contribution in [2.24, 2.45) is 0 Å². The number of aromatic hydroxyl groups is 1. The molecule has 10 heteroatoms. The molecule has 6 nitrogen and oxygen atoms in total. The number of ether oxygens (including phenoxy) is 1. The lowest BCUT2D eigenvalue weighted by Gasteiger charge is -2.13. The van der Waals surface area contributed by atoms with Crippen LogP contribution < -0.4 is 20.9 Å². The number of nitrogens with one attached hydrogen (secondary N) is 3. The lowest BCUT2D eigenvalue weighted by molar-refractivity contribution is -0.137. The normalized spacial score (nSPS) is 11.0. The largest absolute Gasteiger partial charge is 0.504 e. The van der Waals surface area contributed by atoms with Crippen molar-refractivity contribution < 1.29 is 27.8 Å². The van der Waals surface area contributed by atoms with E-state index in [2.05, 4.69) is 16.2 Å². The molecule has 0 radical (unpaired) electrons. The topological polar surface area (TPSA) is 82.6 Å². The fourth-order valence-corrected chi connectivity index (χ4v) is 2.34. The van der Waals surface area contributed by atoms with Gasteiger partial charge < -0.3 is 20.6 Å². The van der Waals surface area contributed by atoms with E-state index in [0.717, 1.165) is 12.1 Å². The van der Waals surface area contributed by atoms with Crippen molar-refractivity contribution in [3.63, 3.8) is 0 Å². The predicted molar refractivity (Wildman–Crippen MR) is 102 cm³/mol. The van der Waals surface area contributed by atoms with Crippen LogP contribution in [0.25, 0.3) is 0 Å². The SMILES string of the molecule is CCOc1cccc(CNNC(=S)C(=O)Nc2cccc(C(F)(F)F)c2)c1O. The molecule has 0 unspecified atom stereocenters. The van der Waals surface area contributed by atoms with Gasteiger partial charge in [-0.25, -0.2) is 5.43 Å². The van der Waals surface area contributed by atoms with Crippen LogP contribution in [0.2, 0.25) is 0 Å². The Balaban J connectivity index is 1.90. The third-order valence-electron chi connectivity index (χ3n) is 3.52. The first-order valence-electron chi connectivity index (χ1n) is 8.17. The molecule has 0 aliphatic rings. The van der Waals surface area contributed by atoms with Crippen LogP contribution in [0.3, 0.4) is 0 Å². The van der Waals surface area contributed by atoms with E-state index < -0.39 is 17.6 Å². The minimum atomic E-state index is -4.51. The highest BCUT2D eigenvalue weighted by Crippen LogP contribution is 2.31. The van der Waals surface area contributed by atoms with Crippen LogP contribution in [0.5, 0.6) is 11.5 Å². The highest BCUT2D eigenvalue weighted by molar-refractivity contribution is 7.82. The van der Waals surface area contributed by atoms with E-state index >= 15 is 0 Å². The smallest absolute Gasteiger partial charge is 0.416 e. The highest BCUT2D eigenvalue weighted by atomic mass is 32.1. The van der Waals surface area contributed by atoms with Crippen molar-refractivity contribution >= 4 is 28.8 Å². The molecule has 28 heavy (non-hydrogen) atoms. The summed E-state index contributed by atoms with van der Waals surface area (Å²) in [6.45, 7) is 2.29. The summed E-state index contributed by atoms with van der Waals surface area (Å²) in [5, 5.41) is 12.4. The number of rotatable bonds is 6. The van der Waals surface area contributed by atoms with Gasteiger partial charge in [-0.1, -0.05) is 30.4 Å². The number of phenolic OH excluding ortho intramolecular Hbond substituents is 1. The molecule has 2 rings (SSSR count). The van der Waals surface area contributed by atoms with Gasteiger partial charge in [0.05, 0.1) is 12.2 Å². The number of phenols is 1. The monoisotopic (exact) mass is 413 g/mol. The molecular weight excluding hydrogens is 395 g/mol. The van der Waals surface area contributed by atoms with Gasteiger partial charge in [-0.05, 0) is 31.2 Å². The van der Waals surface area contributed by atoms with Crippen LogP contribution >= 0.6 is 12.2 Å². The summed E-state index contributed by atoms with van der Waals surface area (Å²) in [5.41, 5.74) is 4.72. The van der Waals surface area contributed by atoms with Crippen molar-refractivity contribution in [2.75, 3.05) is 11.9 Å². The van der Waals surface area contributed by atoms with Crippen molar-refractivity contribution in [3.8, 4) is 11.5 Å². The van der Waals surface area contributed by atoms with E-state index in [1.165, 1.54) is 12.1 Å². The van der Waals surface area contributed by atoms with Gasteiger partial charge in [0.2, 0.25) is 0 Å². The first-order valence-corrected chi connectivity index (χ1v) is 8.58. The Labute approximate surface area is 164 Å². The van der Waals surface area contributed by atoms with Gasteiger partial charge in [-0.2, -0.15) is 13.2 Å². The van der Waals surface area contributed by atoms with Gasteiger partial charge in [0, 0.05) is 17.8 Å². The molecule has 0 aromatic heterocycles. The minimum absolute atomic E-state index is 0.0361. The molecule has 4 N–H and O–H groups in total. The molecular formula is C18H18F3N3O3S. The number of amides is 1. The molecule has 0 aliphatic heterocycles. The van der Waals surface area contributed by atoms with Crippen LogP contribution in [0.4, 0.5) is 18.9 Å². The Morgan fingerprint density at radius 1 is 1.21 bits per heavy atom. The number of alkyl halides is 3. The molecule has 0 saturated carbocycles. The predicted octanol–water partition coefficient (Wildman–Crippen LogP) is 3.37. The Morgan fingerprint density at radius 2 is 1.93 bits per heavy atom. The number of hydrogen-bond acceptors (Lipinski definition) is 5. The van der Waals surface area contributed by atoms with E-state index in [0.29, 0.717) is 17.9 Å². The number of carbonyl (C=O) groups is 1. The van der Waals surface area contributed by atoms with Gasteiger partial charge in [-0.15, -0.1) is 0 Å². The second-order valence-corrected chi connectivity index (χ2v) is 5.95. The summed E-state index contributed by atoms with van der Waals surface area (Å²) < 4.78 is 43.4. The minimum Gasteiger partial charge on any atom is -0.504 e. The third kappa shape index (κ3) is 5.83. The zero-order valence-corrected chi connectivity index (χ0v) is 15.6. The number of benzene rings is 2. The van der Waals surface area contributed by atoms with Gasteiger partial charge in [0.25, 0.3) is 5.91 Å². The van der Waals surface area contributed by atoms with Gasteiger partial charge >= 0.3 is 6.18 Å². The van der Waals surface area contributed by atoms with E-state index in [1.54, 1.807) is 25.1 Å². The molecule has 0 aliphatic carbocycles. The number of carbonyl (C=O) groups excluding carboxylic acids is 1. The molecule has 2 aromatic carbocycles. The van der Waals surface area contributed by atoms with E-state index in [-0.39, 0.29) is 23.0 Å². The molecule has 1 amide bonds. The Hall–Kier alpha value is -2.85. The molecule has 0 saturated heterocycles. The Bertz CT molecular complexity index is 859. The average Bonchev–Trinajstić information content (AvgIpc) is 2.64. The lowest BCUT2D eigenvalue weighted by atomic mass is 10.2. The average molecular weight is 413 g/mol. The van der Waals surface area contributed by atoms with Crippen molar-refractivity contribution in [3.05, 3.63) is 53.6 Å². The number of hydrazine groups is 1. The summed E-state index contributed by atoms with van der Waals surface area (Å²) in [4.78, 5) is 11.7. The van der Waals surface area contributed by atoms with Crippen LogP contribution in [-0.4, -0.2) is 22.6 Å². The summed E-state index contributed by atoms with van der Waals surface area (Å²) in [5.74, 6) is -0.501. The second-order valence-electron chi connectivity index (χ2n) is 5.54. The zero-order chi connectivity index (χ0) is 20.7. The Kier molecular flexibility index (Phi) is 7.18. The maximum absolute atomic E-state index is 12.7. The quantitative estimate of drug-likeness (QED) is 0.430. The number of thiocarbonyl (C=S) groups is 1. The number of hydrogen-bond donors (Lipinski definition) is 4. The van der Waals surface area contributed by atoms with Gasteiger partial charge in [0.15, 0.2) is 16.5 Å². The second kappa shape index (κ2) is 9.38. The van der Waals surface area contributed by atoms with Crippen molar-refractivity contribution in [1.82, 2.24) is 10.9 Å². The number of para-hydroxylation sites is 1. The summed E-state index contributed by atoms with van der Waals surface area (Å²) in [6, 6.07) is 9.17. The van der Waals surface area contributed by atoms with Crippen LogP contribution in [0.15, 0.2) is 42.5 Å². The standard InChI is InChI=1S/C18H18F3N3O3S/c1-2-27-14-8-3-5-11(15(14)25)10-22-24-17(28)16(26)23-13-7-4-6-12(9-13)18(19,20)21/h3-9,22,25H,2,10H2,1H3,(H,23,26)(H,24,28). The third-order valence-corrected chi connectivity index (χ3v) is 3.80. The van der Waals surface area contributed by atoms with Crippen LogP contribution in [0, 0.1) is 0 Å². The summed E-state index contributed by atoms with van der Waals surface area (Å²) >= 11 is 4.90. The van der Waals surface area contributed by atoms with Crippen molar-refractivity contribution in [2.45, 2.75) is 19.6 Å². The fourth-order valence-electron chi connectivity index (χ4n) is 2.22. The molecule has 0 spiro atoms. The molecule has 150 valence electrons. The van der Waals surface area contributed by atoms with E-state index in [4.69, 9.17) is 17.0 Å². The fraction of sp³-hybridized carbons (Fsp3) is 0.222. The zero-order valence-electron chi connectivity index (χ0n) is 14.8. The molecule has 0 fully saturated rings. The van der Waals surface area contributed by atoms with Crippen molar-refractivity contribution in [1.29, 1.82) is 0 Å². The molecule has 2 aromatic rings. The summed E-state index contributed by atoms with van der Waals surface area (Å²) in [7, 11) is 0. The first-order chi connectivity index (χ1) is 13.2. The Morgan fingerprint density at radius 3 is 2.61 bits per heavy atom. The van der Waals surface area contributed by atoms with Crippen LogP contribution in [-0.2, 0) is 17.5 Å². The molecule has 0 atom stereocenters. The maximum Gasteiger partial charge on any atom is 0.416 e. The molecule has 0 heterocycles. The number of halogens is 3. The summed E-state index contributed by atoms with van der Waals surface area (Å²) in [6.07, 6.45) is -4.51. The number of anilines is 1. The van der Waals surface area contributed by atoms with Crippen LogP contribution in [0.1, 0.15) is 18.1 Å². The van der Waals surface area contributed by atoms with Gasteiger partial charge in [0.1, 0.15) is 0 Å². The first kappa shape index (κ1) is 21.5. The highest BCUT2D eigenvalue weighted by Gasteiger charge is 2.30. The van der Waals surface area contributed by atoms with E-state index in [9.17, 15) is 23.1 Å². The molecule has 0 bridgehead atoms.